The number of hydrogen-bond acceptors (Lipinski definition) is 0. The molecule has 1 radical (unpaired) electrons. The number of hydrogen-bond donors (Lipinski definition) is 0. The molecule has 0 aromatic rings. The zero-order valence-electron chi connectivity index (χ0n) is 7.77. The van der Waals surface area contributed by atoms with Crippen LogP contribution in [0.3, 0.4) is 0 Å². The smallest absolute Gasteiger partial charge is 0.00860 e. The fourth-order valence-corrected chi connectivity index (χ4v) is 0.978. The van der Waals surface area contributed by atoms with E-state index in [0.717, 1.165) is 12.3 Å². The third kappa shape index (κ3) is 5.98. The number of terminal acetylenes is 1. The topological polar surface area (TPSA) is 0 Å². The molecule has 0 spiro atoms. The molecule has 0 aliphatic rings. The Labute approximate surface area is 71.4 Å². The van der Waals surface area contributed by atoms with Crippen LogP contribution in [-0.4, -0.2) is 0 Å². The molecule has 2 atom stereocenters. The summed E-state index contributed by atoms with van der Waals surface area (Å²) in [4.78, 5) is 0. The lowest BCUT2D eigenvalue weighted by atomic mass is 9.92. The summed E-state index contributed by atoms with van der Waals surface area (Å²) in [6.45, 7) is 8.43. The van der Waals surface area contributed by atoms with Gasteiger partial charge >= 0.3 is 0 Å². The highest BCUT2D eigenvalue weighted by atomic mass is 14.1. The normalized spacial score (nSPS) is 13.0. The second-order valence-corrected chi connectivity index (χ2v) is 3.40. The molecular formula is C11H19. The van der Waals surface area contributed by atoms with E-state index in [9.17, 15) is 0 Å². The Morgan fingerprint density at radius 3 is 2.45 bits per heavy atom. The minimum absolute atomic E-state index is 0.570. The third-order valence-electron chi connectivity index (χ3n) is 2.20. The van der Waals surface area contributed by atoms with Crippen molar-refractivity contribution < 1.29 is 0 Å². The van der Waals surface area contributed by atoms with Gasteiger partial charge in [0, 0.05) is 6.42 Å². The van der Waals surface area contributed by atoms with Gasteiger partial charge < -0.3 is 0 Å². The highest BCUT2D eigenvalue weighted by molar-refractivity contribution is 4.82. The summed E-state index contributed by atoms with van der Waals surface area (Å²) in [5.41, 5.74) is 0. The molecule has 63 valence electrons. The summed E-state index contributed by atoms with van der Waals surface area (Å²) in [6, 6.07) is 0. The Kier molecular flexibility index (Phi) is 6.03. The first-order chi connectivity index (χ1) is 5.18. The van der Waals surface area contributed by atoms with Crippen LogP contribution in [0.15, 0.2) is 0 Å². The van der Waals surface area contributed by atoms with E-state index in [1.807, 2.05) is 0 Å². The molecule has 0 fully saturated rings. The van der Waals surface area contributed by atoms with Crippen molar-refractivity contribution in [3.8, 4) is 12.3 Å². The molecule has 0 bridgehead atoms. The molecule has 0 saturated heterocycles. The fourth-order valence-electron chi connectivity index (χ4n) is 0.978. The molecule has 0 heterocycles. The van der Waals surface area contributed by atoms with E-state index in [1.165, 1.54) is 19.3 Å². The Hall–Kier alpha value is -0.440. The Balaban J connectivity index is 3.19. The first kappa shape index (κ1) is 10.6. The van der Waals surface area contributed by atoms with Crippen LogP contribution in [0, 0.1) is 31.1 Å². The van der Waals surface area contributed by atoms with Crippen molar-refractivity contribution in [1.29, 1.82) is 0 Å². The number of unbranched alkanes of at least 4 members (excludes halogenated alkanes) is 2. The van der Waals surface area contributed by atoms with Crippen LogP contribution in [0.4, 0.5) is 0 Å². The summed E-state index contributed by atoms with van der Waals surface area (Å²) in [6.07, 6.45) is 9.77. The van der Waals surface area contributed by atoms with Gasteiger partial charge in [-0.05, 0) is 18.3 Å². The quantitative estimate of drug-likeness (QED) is 0.418. The second kappa shape index (κ2) is 6.28. The minimum atomic E-state index is 0.570. The van der Waals surface area contributed by atoms with Gasteiger partial charge in [-0.3, -0.25) is 0 Å². The van der Waals surface area contributed by atoms with Gasteiger partial charge in [0.05, 0.1) is 0 Å². The SMILES string of the molecule is C#CCCCCC(C)C([CH2])C. The predicted molar refractivity (Wildman–Crippen MR) is 51.0 cm³/mol. The van der Waals surface area contributed by atoms with Crippen LogP contribution in [-0.2, 0) is 0 Å². The molecule has 0 nitrogen and oxygen atoms in total. The van der Waals surface area contributed by atoms with E-state index in [2.05, 4.69) is 26.7 Å². The standard InChI is InChI=1S/C11H19/c1-5-6-7-8-9-11(4)10(2)3/h1,10-11H,2,6-9H2,3-4H3. The monoisotopic (exact) mass is 151 g/mol. The molecule has 0 aromatic heterocycles. The van der Waals surface area contributed by atoms with E-state index in [-0.39, 0.29) is 0 Å². The molecule has 11 heavy (non-hydrogen) atoms. The summed E-state index contributed by atoms with van der Waals surface area (Å²) in [5, 5.41) is 0. The maximum absolute atomic E-state index is 5.14. The van der Waals surface area contributed by atoms with Crippen LogP contribution >= 0.6 is 0 Å². The first-order valence-electron chi connectivity index (χ1n) is 4.45. The average Bonchev–Trinajstić information content (AvgIpc) is 1.97. The van der Waals surface area contributed by atoms with E-state index < -0.39 is 0 Å². The maximum atomic E-state index is 5.14. The zero-order valence-corrected chi connectivity index (χ0v) is 7.77. The van der Waals surface area contributed by atoms with E-state index >= 15 is 0 Å². The van der Waals surface area contributed by atoms with Crippen molar-refractivity contribution in [3.05, 3.63) is 6.92 Å². The molecule has 0 aliphatic carbocycles. The van der Waals surface area contributed by atoms with Crippen LogP contribution in [0.25, 0.3) is 0 Å². The molecule has 0 heteroatoms. The highest BCUT2D eigenvalue weighted by Crippen LogP contribution is 2.16. The van der Waals surface area contributed by atoms with Gasteiger partial charge in [0.15, 0.2) is 0 Å². The van der Waals surface area contributed by atoms with Gasteiger partial charge in [0.2, 0.25) is 0 Å². The van der Waals surface area contributed by atoms with E-state index in [4.69, 9.17) is 6.42 Å². The van der Waals surface area contributed by atoms with Gasteiger partial charge in [-0.1, -0.05) is 33.6 Å². The summed E-state index contributed by atoms with van der Waals surface area (Å²) >= 11 is 0. The molecule has 0 aliphatic heterocycles. The van der Waals surface area contributed by atoms with Gasteiger partial charge in [-0.15, -0.1) is 12.3 Å². The Morgan fingerprint density at radius 2 is 2.00 bits per heavy atom. The highest BCUT2D eigenvalue weighted by Gasteiger charge is 2.05. The van der Waals surface area contributed by atoms with Crippen LogP contribution in [0.2, 0.25) is 0 Å². The largest absolute Gasteiger partial charge is 0.120 e. The van der Waals surface area contributed by atoms with Gasteiger partial charge in [-0.25, -0.2) is 0 Å². The van der Waals surface area contributed by atoms with Crippen LogP contribution in [0.1, 0.15) is 39.5 Å². The molecule has 2 unspecified atom stereocenters. The van der Waals surface area contributed by atoms with Crippen molar-refractivity contribution in [2.75, 3.05) is 0 Å². The lowest BCUT2D eigenvalue weighted by Crippen LogP contribution is -2.03. The van der Waals surface area contributed by atoms with Crippen molar-refractivity contribution in [2.45, 2.75) is 39.5 Å². The van der Waals surface area contributed by atoms with Crippen LogP contribution in [0.5, 0.6) is 0 Å². The fraction of sp³-hybridized carbons (Fsp3) is 0.727. The van der Waals surface area contributed by atoms with E-state index in [1.54, 1.807) is 0 Å². The molecule has 0 rings (SSSR count). The molecule has 0 amide bonds. The van der Waals surface area contributed by atoms with Gasteiger partial charge in [0.1, 0.15) is 0 Å². The Morgan fingerprint density at radius 1 is 1.36 bits per heavy atom. The summed E-state index contributed by atoms with van der Waals surface area (Å²) in [5.74, 6) is 3.97. The van der Waals surface area contributed by atoms with Crippen LogP contribution < -0.4 is 0 Å². The van der Waals surface area contributed by atoms with Crippen molar-refractivity contribution in [2.24, 2.45) is 11.8 Å². The zero-order chi connectivity index (χ0) is 8.69. The molecule has 0 saturated carbocycles. The average molecular weight is 151 g/mol. The lowest BCUT2D eigenvalue weighted by Gasteiger charge is -2.13. The summed E-state index contributed by atoms with van der Waals surface area (Å²) in [7, 11) is 0. The first-order valence-corrected chi connectivity index (χ1v) is 4.45. The Bertz CT molecular complexity index is 116. The second-order valence-electron chi connectivity index (χ2n) is 3.40. The van der Waals surface area contributed by atoms with E-state index in [0.29, 0.717) is 5.92 Å². The molecular weight excluding hydrogens is 132 g/mol. The predicted octanol–water partition coefficient (Wildman–Crippen LogP) is 3.29. The van der Waals surface area contributed by atoms with Crippen molar-refractivity contribution >= 4 is 0 Å². The molecule has 0 N–H and O–H groups in total. The van der Waals surface area contributed by atoms with Crippen molar-refractivity contribution in [3.63, 3.8) is 0 Å². The lowest BCUT2D eigenvalue weighted by molar-refractivity contribution is 0.408. The van der Waals surface area contributed by atoms with Crippen molar-refractivity contribution in [1.82, 2.24) is 0 Å². The third-order valence-corrected chi connectivity index (χ3v) is 2.20. The molecule has 0 aromatic carbocycles. The summed E-state index contributed by atoms with van der Waals surface area (Å²) < 4.78 is 0. The maximum Gasteiger partial charge on any atom is 0.00860 e. The number of rotatable bonds is 5. The van der Waals surface area contributed by atoms with Gasteiger partial charge in [0.25, 0.3) is 0 Å². The minimum Gasteiger partial charge on any atom is -0.120 e. The van der Waals surface area contributed by atoms with Gasteiger partial charge in [-0.2, -0.15) is 0 Å².